The molecule has 0 saturated carbocycles. The molecular formula is C15H14F2OS. The fourth-order valence-electron chi connectivity index (χ4n) is 2.56. The Morgan fingerprint density at radius 3 is 2.79 bits per heavy atom. The van der Waals surface area contributed by atoms with Crippen LogP contribution in [0, 0.1) is 18.6 Å². The molecule has 1 N–H and O–H groups in total. The summed E-state index contributed by atoms with van der Waals surface area (Å²) >= 11 is 1.46. The fraction of sp³-hybridized carbons (Fsp3) is 0.333. The first kappa shape index (κ1) is 12.8. The Morgan fingerprint density at radius 1 is 1.26 bits per heavy atom. The highest BCUT2D eigenvalue weighted by molar-refractivity contribution is 7.12. The number of aliphatic hydroxyl groups excluding tert-OH is 1. The summed E-state index contributed by atoms with van der Waals surface area (Å²) in [5.41, 5.74) is 1.33. The van der Waals surface area contributed by atoms with Crippen LogP contribution in [0.2, 0.25) is 0 Å². The number of rotatable bonds is 2. The predicted octanol–water partition coefficient (Wildman–Crippen LogP) is 3.91. The second-order valence-corrected chi connectivity index (χ2v) is 6.11. The first-order chi connectivity index (χ1) is 9.08. The van der Waals surface area contributed by atoms with Crippen LogP contribution in [0.25, 0.3) is 0 Å². The minimum atomic E-state index is -1.21. The third-order valence-electron chi connectivity index (χ3n) is 3.63. The minimum Gasteiger partial charge on any atom is -0.383 e. The molecule has 100 valence electrons. The van der Waals surface area contributed by atoms with Gasteiger partial charge in [0, 0.05) is 9.75 Å². The lowest BCUT2D eigenvalue weighted by molar-refractivity contribution is 0.212. The molecule has 0 fully saturated rings. The monoisotopic (exact) mass is 280 g/mol. The largest absolute Gasteiger partial charge is 0.383 e. The Balaban J connectivity index is 2.04. The molecule has 1 nitrogen and oxygen atoms in total. The van der Waals surface area contributed by atoms with Crippen molar-refractivity contribution >= 4 is 11.3 Å². The maximum atomic E-state index is 14.0. The number of halogens is 2. The molecule has 1 unspecified atom stereocenters. The number of hydrogen-bond donors (Lipinski definition) is 1. The Bertz CT molecular complexity index is 612. The summed E-state index contributed by atoms with van der Waals surface area (Å²) in [4.78, 5) is 1.87. The highest BCUT2D eigenvalue weighted by Crippen LogP contribution is 2.37. The minimum absolute atomic E-state index is 0.236. The topological polar surface area (TPSA) is 20.2 Å². The van der Waals surface area contributed by atoms with Crippen LogP contribution in [-0.2, 0) is 12.8 Å². The van der Waals surface area contributed by atoms with Crippen molar-refractivity contribution in [1.29, 1.82) is 0 Å². The smallest absolute Gasteiger partial charge is 0.135 e. The molecule has 0 bridgehead atoms. The zero-order valence-electron chi connectivity index (χ0n) is 10.5. The molecule has 0 radical (unpaired) electrons. The van der Waals surface area contributed by atoms with Crippen molar-refractivity contribution < 1.29 is 13.9 Å². The van der Waals surface area contributed by atoms with Gasteiger partial charge in [0.25, 0.3) is 0 Å². The standard InChI is InChI=1S/C15H14F2OS/c1-8-5-6-10(16)13(14(8)17)15(18)12-7-9-3-2-4-11(9)19-12/h5-7,15,18H,2-4H2,1H3. The van der Waals surface area contributed by atoms with E-state index < -0.39 is 17.7 Å². The molecule has 3 rings (SSSR count). The van der Waals surface area contributed by atoms with Crippen molar-refractivity contribution in [2.24, 2.45) is 0 Å². The summed E-state index contributed by atoms with van der Waals surface area (Å²) in [6, 6.07) is 4.48. The van der Waals surface area contributed by atoms with Crippen molar-refractivity contribution in [2.45, 2.75) is 32.3 Å². The molecule has 0 aliphatic heterocycles. The highest BCUT2D eigenvalue weighted by atomic mass is 32.1. The van der Waals surface area contributed by atoms with E-state index in [-0.39, 0.29) is 5.56 Å². The zero-order valence-corrected chi connectivity index (χ0v) is 11.4. The Hall–Kier alpha value is -1.26. The van der Waals surface area contributed by atoms with Gasteiger partial charge in [0.15, 0.2) is 0 Å². The van der Waals surface area contributed by atoms with E-state index in [1.54, 1.807) is 6.92 Å². The average Bonchev–Trinajstić information content (AvgIpc) is 2.94. The van der Waals surface area contributed by atoms with Crippen molar-refractivity contribution in [1.82, 2.24) is 0 Å². The van der Waals surface area contributed by atoms with E-state index in [1.165, 1.54) is 33.9 Å². The summed E-state index contributed by atoms with van der Waals surface area (Å²) in [5.74, 6) is -1.34. The lowest BCUT2D eigenvalue weighted by atomic mass is 10.0. The molecule has 1 aliphatic carbocycles. The van der Waals surface area contributed by atoms with Gasteiger partial charge in [-0.2, -0.15) is 0 Å². The third kappa shape index (κ3) is 2.09. The van der Waals surface area contributed by atoms with Gasteiger partial charge >= 0.3 is 0 Å². The second-order valence-electron chi connectivity index (χ2n) is 4.95. The van der Waals surface area contributed by atoms with E-state index in [2.05, 4.69) is 0 Å². The van der Waals surface area contributed by atoms with Gasteiger partial charge < -0.3 is 5.11 Å². The van der Waals surface area contributed by atoms with Crippen LogP contribution in [-0.4, -0.2) is 5.11 Å². The Morgan fingerprint density at radius 2 is 2.05 bits per heavy atom. The predicted molar refractivity (Wildman–Crippen MR) is 71.5 cm³/mol. The quantitative estimate of drug-likeness (QED) is 0.884. The number of thiophene rings is 1. The van der Waals surface area contributed by atoms with Crippen molar-refractivity contribution in [3.63, 3.8) is 0 Å². The number of benzene rings is 1. The second kappa shape index (κ2) is 4.69. The number of hydrogen-bond acceptors (Lipinski definition) is 2. The van der Waals surface area contributed by atoms with Gasteiger partial charge in [-0.25, -0.2) is 8.78 Å². The average molecular weight is 280 g/mol. The van der Waals surface area contributed by atoms with Crippen molar-refractivity contribution in [3.8, 4) is 0 Å². The molecule has 19 heavy (non-hydrogen) atoms. The lowest BCUT2D eigenvalue weighted by Crippen LogP contribution is -2.05. The van der Waals surface area contributed by atoms with E-state index >= 15 is 0 Å². The molecule has 2 aromatic rings. The van der Waals surface area contributed by atoms with Gasteiger partial charge in [-0.15, -0.1) is 11.3 Å². The van der Waals surface area contributed by atoms with Crippen LogP contribution in [0.4, 0.5) is 8.78 Å². The van der Waals surface area contributed by atoms with Crippen LogP contribution in [0.15, 0.2) is 18.2 Å². The number of aliphatic hydroxyl groups is 1. The fourth-order valence-corrected chi connectivity index (χ4v) is 3.81. The van der Waals surface area contributed by atoms with Crippen LogP contribution in [0.3, 0.4) is 0 Å². The van der Waals surface area contributed by atoms with Gasteiger partial charge in [-0.1, -0.05) is 6.07 Å². The summed E-state index contributed by atoms with van der Waals surface area (Å²) in [6.07, 6.45) is 1.92. The van der Waals surface area contributed by atoms with Gasteiger partial charge in [-0.3, -0.25) is 0 Å². The van der Waals surface area contributed by atoms with Gasteiger partial charge in [0.2, 0.25) is 0 Å². The van der Waals surface area contributed by atoms with Crippen LogP contribution >= 0.6 is 11.3 Å². The zero-order chi connectivity index (χ0) is 13.6. The summed E-state index contributed by atoms with van der Waals surface area (Å²) in [7, 11) is 0. The number of fused-ring (bicyclic) bond motifs is 1. The van der Waals surface area contributed by atoms with Gasteiger partial charge in [0.1, 0.15) is 17.7 Å². The van der Waals surface area contributed by atoms with Gasteiger partial charge in [-0.05, 0) is 49.4 Å². The van der Waals surface area contributed by atoms with E-state index in [1.807, 2.05) is 6.07 Å². The molecule has 0 amide bonds. The molecule has 1 atom stereocenters. The molecule has 0 spiro atoms. The molecular weight excluding hydrogens is 266 g/mol. The first-order valence-corrected chi connectivity index (χ1v) is 7.13. The highest BCUT2D eigenvalue weighted by Gasteiger charge is 2.25. The molecule has 0 saturated heterocycles. The third-order valence-corrected chi connectivity index (χ3v) is 4.92. The van der Waals surface area contributed by atoms with E-state index in [4.69, 9.17) is 0 Å². The molecule has 1 heterocycles. The first-order valence-electron chi connectivity index (χ1n) is 6.32. The van der Waals surface area contributed by atoms with E-state index in [0.717, 1.165) is 19.3 Å². The van der Waals surface area contributed by atoms with E-state index in [9.17, 15) is 13.9 Å². The molecule has 4 heteroatoms. The van der Waals surface area contributed by atoms with Gasteiger partial charge in [0.05, 0.1) is 5.56 Å². The molecule has 1 aromatic heterocycles. The lowest BCUT2D eigenvalue weighted by Gasteiger charge is -2.13. The van der Waals surface area contributed by atoms with Crippen LogP contribution in [0.5, 0.6) is 0 Å². The summed E-state index contributed by atoms with van der Waals surface area (Å²) < 4.78 is 27.8. The summed E-state index contributed by atoms with van der Waals surface area (Å²) in [6.45, 7) is 1.57. The Labute approximate surface area is 114 Å². The maximum Gasteiger partial charge on any atom is 0.135 e. The van der Waals surface area contributed by atoms with Crippen LogP contribution < -0.4 is 0 Å². The molecule has 1 aliphatic rings. The molecule has 1 aromatic carbocycles. The SMILES string of the molecule is Cc1ccc(F)c(C(O)c2cc3c(s2)CCC3)c1F. The summed E-state index contributed by atoms with van der Waals surface area (Å²) in [5, 5.41) is 10.3. The van der Waals surface area contributed by atoms with E-state index in [0.29, 0.717) is 10.4 Å². The van der Waals surface area contributed by atoms with Crippen LogP contribution in [0.1, 0.15) is 39.0 Å². The maximum absolute atomic E-state index is 14.0. The normalized spacial score (nSPS) is 15.6. The van der Waals surface area contributed by atoms with Crippen molar-refractivity contribution in [3.05, 3.63) is 56.3 Å². The van der Waals surface area contributed by atoms with Crippen molar-refractivity contribution in [2.75, 3.05) is 0 Å². The number of aryl methyl sites for hydroxylation is 3. The Kier molecular flexibility index (Phi) is 3.15.